The van der Waals surface area contributed by atoms with E-state index in [1.807, 2.05) is 0 Å². The minimum atomic E-state index is -1.35. The zero-order chi connectivity index (χ0) is 18.4. The summed E-state index contributed by atoms with van der Waals surface area (Å²) in [6.07, 6.45) is 3.16. The first-order chi connectivity index (χ1) is 11.2. The number of carboxylic acid groups (broad SMARTS) is 1. The zero-order valence-electron chi connectivity index (χ0n) is 12.3. The molecule has 0 aliphatic rings. The molecule has 0 saturated carbocycles. The Hall–Kier alpha value is -2.42. The lowest BCUT2D eigenvalue weighted by molar-refractivity contribution is -0.384. The highest BCUT2D eigenvalue weighted by atomic mass is 35.5. The highest BCUT2D eigenvalue weighted by Gasteiger charge is 2.21. The SMILES string of the molecule is CC(=O)C(N)C(=O)O.O=[N+]([O-])c1c(Cl)cccc1-c1c[nH]cc1Cl. The van der Waals surface area contributed by atoms with E-state index < -0.39 is 22.7 Å². The van der Waals surface area contributed by atoms with Gasteiger partial charge in [-0.05, 0) is 19.1 Å². The van der Waals surface area contributed by atoms with Crippen molar-refractivity contribution >= 4 is 40.6 Å². The second-order valence-electron chi connectivity index (χ2n) is 4.54. The zero-order valence-corrected chi connectivity index (χ0v) is 13.8. The lowest BCUT2D eigenvalue weighted by atomic mass is 10.1. The van der Waals surface area contributed by atoms with Crippen molar-refractivity contribution in [2.75, 3.05) is 0 Å². The maximum Gasteiger partial charge on any atom is 0.328 e. The Morgan fingerprint density at radius 1 is 1.25 bits per heavy atom. The molecule has 4 N–H and O–H groups in total. The first-order valence-corrected chi connectivity index (χ1v) is 7.16. The van der Waals surface area contributed by atoms with Crippen LogP contribution in [0.4, 0.5) is 5.69 Å². The number of aliphatic carboxylic acids is 1. The number of carbonyl (C=O) groups is 2. The Bertz CT molecular complexity index is 762. The van der Waals surface area contributed by atoms with Gasteiger partial charge in [-0.2, -0.15) is 0 Å². The minimum absolute atomic E-state index is 0.0970. The number of H-pyrrole nitrogens is 1. The van der Waals surface area contributed by atoms with Crippen molar-refractivity contribution in [3.63, 3.8) is 0 Å². The molecule has 0 saturated heterocycles. The molecule has 0 bridgehead atoms. The van der Waals surface area contributed by atoms with E-state index in [0.717, 1.165) is 6.92 Å². The molecule has 24 heavy (non-hydrogen) atoms. The van der Waals surface area contributed by atoms with Crippen molar-refractivity contribution < 1.29 is 19.6 Å². The molecule has 0 aliphatic carbocycles. The van der Waals surface area contributed by atoms with Crippen molar-refractivity contribution in [1.82, 2.24) is 4.98 Å². The van der Waals surface area contributed by atoms with Crippen LogP contribution in [0.2, 0.25) is 10.0 Å². The van der Waals surface area contributed by atoms with Gasteiger partial charge in [0.2, 0.25) is 0 Å². The highest BCUT2D eigenvalue weighted by Crippen LogP contribution is 2.38. The van der Waals surface area contributed by atoms with Crippen molar-refractivity contribution in [3.05, 3.63) is 50.8 Å². The van der Waals surface area contributed by atoms with Crippen LogP contribution in [0.1, 0.15) is 6.92 Å². The van der Waals surface area contributed by atoms with E-state index in [1.54, 1.807) is 24.5 Å². The van der Waals surface area contributed by atoms with Crippen molar-refractivity contribution in [1.29, 1.82) is 0 Å². The van der Waals surface area contributed by atoms with E-state index >= 15 is 0 Å². The number of nitrogens with zero attached hydrogens (tertiary/aromatic N) is 1. The van der Waals surface area contributed by atoms with Crippen LogP contribution in [0, 0.1) is 10.1 Å². The summed E-state index contributed by atoms with van der Waals surface area (Å²) in [5.41, 5.74) is 5.65. The van der Waals surface area contributed by atoms with Gasteiger partial charge in [0.1, 0.15) is 5.02 Å². The molecule has 0 radical (unpaired) electrons. The summed E-state index contributed by atoms with van der Waals surface area (Å²) in [6.45, 7) is 1.14. The van der Waals surface area contributed by atoms with Gasteiger partial charge in [0.25, 0.3) is 5.69 Å². The summed E-state index contributed by atoms with van der Waals surface area (Å²) < 4.78 is 0. The molecule has 1 aromatic carbocycles. The van der Waals surface area contributed by atoms with E-state index in [1.165, 1.54) is 6.07 Å². The van der Waals surface area contributed by atoms with E-state index in [0.29, 0.717) is 16.1 Å². The van der Waals surface area contributed by atoms with E-state index in [4.69, 9.17) is 34.0 Å². The Balaban J connectivity index is 0.000000307. The number of rotatable bonds is 4. The second-order valence-corrected chi connectivity index (χ2v) is 5.35. The molecule has 128 valence electrons. The molecule has 0 aliphatic heterocycles. The van der Waals surface area contributed by atoms with Gasteiger partial charge in [0, 0.05) is 18.0 Å². The van der Waals surface area contributed by atoms with Crippen LogP contribution in [-0.4, -0.2) is 32.8 Å². The average molecular weight is 374 g/mol. The van der Waals surface area contributed by atoms with Crippen molar-refractivity contribution in [2.45, 2.75) is 13.0 Å². The molecular formula is C14H13Cl2N3O5. The molecule has 1 atom stereocenters. The first-order valence-electron chi connectivity index (χ1n) is 6.41. The molecule has 10 heteroatoms. The number of Topliss-reactive ketones (excluding diaryl/α,β-unsaturated/α-hetero) is 1. The number of nitrogens with two attached hydrogens (primary N) is 1. The second kappa shape index (κ2) is 8.44. The quantitative estimate of drug-likeness (QED) is 0.427. The third kappa shape index (κ3) is 4.79. The first kappa shape index (κ1) is 19.6. The summed E-state index contributed by atoms with van der Waals surface area (Å²) in [7, 11) is 0. The number of aromatic amines is 1. The average Bonchev–Trinajstić information content (AvgIpc) is 2.92. The molecule has 0 spiro atoms. The number of hydrogen-bond donors (Lipinski definition) is 3. The monoisotopic (exact) mass is 373 g/mol. The number of nitro benzene ring substituents is 1. The van der Waals surface area contributed by atoms with Crippen molar-refractivity contribution in [2.24, 2.45) is 5.73 Å². The number of nitrogens with one attached hydrogen (secondary N) is 1. The van der Waals surface area contributed by atoms with Gasteiger partial charge < -0.3 is 15.8 Å². The van der Waals surface area contributed by atoms with Crippen molar-refractivity contribution in [3.8, 4) is 11.1 Å². The van der Waals surface area contributed by atoms with Gasteiger partial charge in [-0.3, -0.25) is 19.7 Å². The number of carboxylic acids is 1. The number of para-hydroxylation sites is 1. The summed E-state index contributed by atoms with van der Waals surface area (Å²) >= 11 is 11.7. The lowest BCUT2D eigenvalue weighted by Crippen LogP contribution is -2.36. The summed E-state index contributed by atoms with van der Waals surface area (Å²) in [5.74, 6) is -1.81. The smallest absolute Gasteiger partial charge is 0.328 e. The van der Waals surface area contributed by atoms with E-state index in [2.05, 4.69) is 4.98 Å². The molecular weight excluding hydrogens is 361 g/mol. The molecule has 0 fully saturated rings. The number of carbonyl (C=O) groups excluding carboxylic acids is 1. The van der Waals surface area contributed by atoms with E-state index in [9.17, 15) is 19.7 Å². The van der Waals surface area contributed by atoms with Crippen LogP contribution in [0.15, 0.2) is 30.6 Å². The normalized spacial score (nSPS) is 11.2. The molecule has 2 rings (SSSR count). The lowest BCUT2D eigenvalue weighted by Gasteiger charge is -2.02. The molecule has 8 nitrogen and oxygen atoms in total. The van der Waals surface area contributed by atoms with Gasteiger partial charge in [-0.25, -0.2) is 0 Å². The van der Waals surface area contributed by atoms with Crippen LogP contribution in [-0.2, 0) is 9.59 Å². The Labute approximate surface area is 146 Å². The molecule has 1 unspecified atom stereocenters. The number of hydrogen-bond acceptors (Lipinski definition) is 5. The molecule has 1 heterocycles. The molecule has 0 amide bonds. The maximum absolute atomic E-state index is 10.9. The van der Waals surface area contributed by atoms with Gasteiger partial charge in [0.15, 0.2) is 11.8 Å². The Morgan fingerprint density at radius 3 is 2.25 bits per heavy atom. The predicted molar refractivity (Wildman–Crippen MR) is 89.2 cm³/mol. The molecule has 2 aromatic rings. The topological polar surface area (TPSA) is 139 Å². The summed E-state index contributed by atoms with van der Waals surface area (Å²) in [6, 6.07) is 3.38. The van der Waals surface area contributed by atoms with Gasteiger partial charge >= 0.3 is 5.97 Å². The van der Waals surface area contributed by atoms with E-state index in [-0.39, 0.29) is 10.7 Å². The number of benzene rings is 1. The van der Waals surface area contributed by atoms with Crippen LogP contribution in [0.25, 0.3) is 11.1 Å². The fourth-order valence-corrected chi connectivity index (χ4v) is 2.11. The third-order valence-corrected chi connectivity index (χ3v) is 3.48. The van der Waals surface area contributed by atoms with Crippen LogP contribution in [0.5, 0.6) is 0 Å². The predicted octanol–water partition coefficient (Wildman–Crippen LogP) is 2.88. The van der Waals surface area contributed by atoms with Crippen LogP contribution < -0.4 is 5.73 Å². The number of nitro groups is 1. The van der Waals surface area contributed by atoms with Gasteiger partial charge in [-0.15, -0.1) is 0 Å². The number of aromatic nitrogens is 1. The van der Waals surface area contributed by atoms with Crippen LogP contribution >= 0.6 is 23.2 Å². The maximum atomic E-state index is 10.9. The third-order valence-electron chi connectivity index (χ3n) is 2.86. The summed E-state index contributed by atoms with van der Waals surface area (Å²) in [4.78, 5) is 33.1. The largest absolute Gasteiger partial charge is 0.480 e. The fourth-order valence-electron chi connectivity index (χ4n) is 1.64. The standard InChI is InChI=1S/C10H6Cl2N2O2.C4H7NO3/c11-8-3-1-2-6(10(8)14(15)16)7-4-13-5-9(7)12;1-2(6)3(5)4(7)8/h1-5,13H;3H,5H2,1H3,(H,7,8). The number of ketones is 1. The van der Waals surface area contributed by atoms with Gasteiger partial charge in [0.05, 0.1) is 15.5 Å². The fraction of sp³-hybridized carbons (Fsp3) is 0.143. The highest BCUT2D eigenvalue weighted by molar-refractivity contribution is 6.35. The number of halogens is 2. The van der Waals surface area contributed by atoms with Crippen LogP contribution in [0.3, 0.4) is 0 Å². The minimum Gasteiger partial charge on any atom is -0.480 e. The Kier molecular flexibility index (Phi) is 6.90. The Morgan fingerprint density at radius 2 is 1.88 bits per heavy atom. The molecule has 1 aromatic heterocycles. The summed E-state index contributed by atoms with van der Waals surface area (Å²) in [5, 5.41) is 19.4. The van der Waals surface area contributed by atoms with Gasteiger partial charge in [-0.1, -0.05) is 29.3 Å².